The number of ether oxygens (including phenoxy) is 1. The van der Waals surface area contributed by atoms with E-state index in [0.29, 0.717) is 24.3 Å². The molecule has 0 spiro atoms. The first-order valence-electron chi connectivity index (χ1n) is 10.9. The van der Waals surface area contributed by atoms with Crippen LogP contribution in [0, 0.1) is 0 Å². The zero-order valence-electron chi connectivity index (χ0n) is 18.5. The number of urea groups is 1. The number of morpholine rings is 1. The lowest BCUT2D eigenvalue weighted by atomic mass is 10.1. The molecule has 170 valence electrons. The van der Waals surface area contributed by atoms with Crippen molar-refractivity contribution in [3.63, 3.8) is 0 Å². The molecule has 8 nitrogen and oxygen atoms in total. The van der Waals surface area contributed by atoms with Crippen LogP contribution in [-0.2, 0) is 11.3 Å². The number of rotatable bonds is 10. The maximum absolute atomic E-state index is 12.9. The fourth-order valence-corrected chi connectivity index (χ4v) is 3.50. The highest BCUT2D eigenvalue weighted by Gasteiger charge is 2.17. The molecule has 1 fully saturated rings. The molecule has 1 aromatic carbocycles. The number of carbonyl (C=O) groups is 3. The molecular weight excluding hydrogens is 408 g/mol. The van der Waals surface area contributed by atoms with Crippen molar-refractivity contribution in [1.82, 2.24) is 20.1 Å². The molecule has 8 heteroatoms. The van der Waals surface area contributed by atoms with Crippen molar-refractivity contribution in [2.45, 2.75) is 19.9 Å². The van der Waals surface area contributed by atoms with Crippen LogP contribution in [0.15, 0.2) is 48.7 Å². The van der Waals surface area contributed by atoms with E-state index in [1.807, 2.05) is 6.07 Å². The number of benzene rings is 1. The van der Waals surface area contributed by atoms with Gasteiger partial charge in [-0.1, -0.05) is 36.4 Å². The quantitative estimate of drug-likeness (QED) is 0.573. The summed E-state index contributed by atoms with van der Waals surface area (Å²) in [5.41, 5.74) is 1.78. The highest BCUT2D eigenvalue weighted by molar-refractivity contribution is 5.99. The molecule has 32 heavy (non-hydrogen) atoms. The highest BCUT2D eigenvalue weighted by atomic mass is 16.5. The second-order valence-electron chi connectivity index (χ2n) is 7.78. The largest absolute Gasteiger partial charge is 0.379 e. The molecule has 1 N–H and O–H groups in total. The first kappa shape index (κ1) is 23.6. The number of hydrogen-bond donors (Lipinski definition) is 1. The molecule has 0 aliphatic carbocycles. The molecule has 1 saturated heterocycles. The summed E-state index contributed by atoms with van der Waals surface area (Å²) in [5, 5.41) is 2.75. The number of ketones is 2. The molecule has 2 amide bonds. The zero-order chi connectivity index (χ0) is 22.8. The molecule has 1 aromatic heterocycles. The normalized spacial score (nSPS) is 14.0. The van der Waals surface area contributed by atoms with Gasteiger partial charge < -0.3 is 15.0 Å². The van der Waals surface area contributed by atoms with E-state index >= 15 is 0 Å². The third-order valence-corrected chi connectivity index (χ3v) is 5.35. The van der Waals surface area contributed by atoms with Gasteiger partial charge in [0, 0.05) is 51.4 Å². The maximum Gasteiger partial charge on any atom is 0.318 e. The molecule has 2 aromatic rings. The predicted octanol–water partition coefficient (Wildman–Crippen LogP) is 2.40. The van der Waals surface area contributed by atoms with Gasteiger partial charge in [-0.25, -0.2) is 4.79 Å². The monoisotopic (exact) mass is 438 g/mol. The Bertz CT molecular complexity index is 896. The van der Waals surface area contributed by atoms with Gasteiger partial charge in [-0.3, -0.25) is 19.5 Å². The number of amides is 2. The summed E-state index contributed by atoms with van der Waals surface area (Å²) in [6.45, 7) is 6.43. The van der Waals surface area contributed by atoms with Gasteiger partial charge in [-0.05, 0) is 18.1 Å². The first-order chi connectivity index (χ1) is 15.5. The van der Waals surface area contributed by atoms with Gasteiger partial charge in [0.2, 0.25) is 0 Å². The molecule has 1 aliphatic rings. The topological polar surface area (TPSA) is 91.8 Å². The highest BCUT2D eigenvalue weighted by Crippen LogP contribution is 2.08. The Balaban J connectivity index is 1.59. The average Bonchev–Trinajstić information content (AvgIpc) is 2.83. The fraction of sp³-hybridized carbons (Fsp3) is 0.417. The lowest BCUT2D eigenvalue weighted by Crippen LogP contribution is -2.43. The van der Waals surface area contributed by atoms with Crippen LogP contribution in [-0.4, -0.2) is 78.3 Å². The third-order valence-electron chi connectivity index (χ3n) is 5.35. The molecule has 0 saturated carbocycles. The molecule has 2 heterocycles. The van der Waals surface area contributed by atoms with E-state index in [1.54, 1.807) is 47.5 Å². The van der Waals surface area contributed by atoms with E-state index in [1.165, 1.54) is 6.92 Å². The Morgan fingerprint density at radius 1 is 1.09 bits per heavy atom. The predicted molar refractivity (Wildman–Crippen MR) is 121 cm³/mol. The number of aromatic nitrogens is 1. The van der Waals surface area contributed by atoms with Crippen molar-refractivity contribution in [3.05, 3.63) is 65.5 Å². The van der Waals surface area contributed by atoms with E-state index in [0.717, 1.165) is 44.8 Å². The number of pyridine rings is 1. The lowest BCUT2D eigenvalue weighted by Gasteiger charge is -2.28. The van der Waals surface area contributed by atoms with Gasteiger partial charge in [-0.2, -0.15) is 0 Å². The van der Waals surface area contributed by atoms with E-state index in [9.17, 15) is 14.4 Å². The van der Waals surface area contributed by atoms with Crippen molar-refractivity contribution in [1.29, 1.82) is 0 Å². The Labute approximate surface area is 188 Å². The summed E-state index contributed by atoms with van der Waals surface area (Å²) in [6, 6.07) is 12.1. The minimum atomic E-state index is -0.299. The van der Waals surface area contributed by atoms with E-state index in [4.69, 9.17) is 4.74 Å². The van der Waals surface area contributed by atoms with Crippen LogP contribution in [0.25, 0.3) is 0 Å². The van der Waals surface area contributed by atoms with Crippen LogP contribution in [0.4, 0.5) is 4.79 Å². The summed E-state index contributed by atoms with van der Waals surface area (Å²) in [5.74, 6) is -0.240. The standard InChI is InChI=1S/C24H30N4O4/c1-19(29)22-9-8-20(16-25-22)18-28(11-5-10-27-12-14-32-15-13-27)24(31)26-17-23(30)21-6-3-2-4-7-21/h2-4,6-9,16H,5,10-15,17-18H2,1H3,(H,26,31). The van der Waals surface area contributed by atoms with E-state index in [-0.39, 0.29) is 24.1 Å². The Kier molecular flexibility index (Phi) is 8.89. The van der Waals surface area contributed by atoms with Gasteiger partial charge in [0.1, 0.15) is 5.69 Å². The second-order valence-corrected chi connectivity index (χ2v) is 7.78. The van der Waals surface area contributed by atoms with Crippen molar-refractivity contribution < 1.29 is 19.1 Å². The molecular formula is C24H30N4O4. The van der Waals surface area contributed by atoms with Crippen molar-refractivity contribution >= 4 is 17.6 Å². The number of hydrogen-bond acceptors (Lipinski definition) is 6. The molecule has 3 rings (SSSR count). The molecule has 1 aliphatic heterocycles. The van der Waals surface area contributed by atoms with Crippen LogP contribution in [0.2, 0.25) is 0 Å². The van der Waals surface area contributed by atoms with Gasteiger partial charge in [0.05, 0.1) is 19.8 Å². The average molecular weight is 439 g/mol. The number of carbonyl (C=O) groups excluding carboxylic acids is 3. The summed E-state index contributed by atoms with van der Waals surface area (Å²) < 4.78 is 5.38. The van der Waals surface area contributed by atoms with Crippen molar-refractivity contribution in [2.75, 3.05) is 45.9 Å². The van der Waals surface area contributed by atoms with Gasteiger partial charge in [0.25, 0.3) is 0 Å². The molecule has 0 atom stereocenters. The van der Waals surface area contributed by atoms with Crippen molar-refractivity contribution in [2.24, 2.45) is 0 Å². The summed E-state index contributed by atoms with van der Waals surface area (Å²) >= 11 is 0. The van der Waals surface area contributed by atoms with Crippen LogP contribution in [0.3, 0.4) is 0 Å². The molecule has 0 radical (unpaired) electrons. The second kappa shape index (κ2) is 12.1. The lowest BCUT2D eigenvalue weighted by molar-refractivity contribution is 0.0364. The smallest absolute Gasteiger partial charge is 0.318 e. The van der Waals surface area contributed by atoms with Crippen LogP contribution < -0.4 is 5.32 Å². The zero-order valence-corrected chi connectivity index (χ0v) is 18.5. The summed E-state index contributed by atoms with van der Waals surface area (Å²) in [7, 11) is 0. The number of Topliss-reactive ketones (excluding diaryl/α,β-unsaturated/α-hetero) is 2. The van der Waals surface area contributed by atoms with Gasteiger partial charge in [-0.15, -0.1) is 0 Å². The Hall–Kier alpha value is -3.10. The first-order valence-corrected chi connectivity index (χ1v) is 10.9. The number of nitrogens with one attached hydrogen (secondary N) is 1. The van der Waals surface area contributed by atoms with Crippen LogP contribution in [0.5, 0.6) is 0 Å². The maximum atomic E-state index is 12.9. The summed E-state index contributed by atoms with van der Waals surface area (Å²) in [6.07, 6.45) is 2.42. The van der Waals surface area contributed by atoms with Gasteiger partial charge in [0.15, 0.2) is 11.6 Å². The van der Waals surface area contributed by atoms with Crippen LogP contribution in [0.1, 0.15) is 39.8 Å². The van der Waals surface area contributed by atoms with Crippen LogP contribution >= 0.6 is 0 Å². The molecule has 0 unspecified atom stereocenters. The van der Waals surface area contributed by atoms with Crippen molar-refractivity contribution in [3.8, 4) is 0 Å². The SMILES string of the molecule is CC(=O)c1ccc(CN(CCCN2CCOCC2)C(=O)NCC(=O)c2ccccc2)cn1. The third kappa shape index (κ3) is 7.25. The fourth-order valence-electron chi connectivity index (χ4n) is 3.50. The summed E-state index contributed by atoms with van der Waals surface area (Å²) in [4.78, 5) is 44.9. The molecule has 0 bridgehead atoms. The minimum Gasteiger partial charge on any atom is -0.379 e. The van der Waals surface area contributed by atoms with E-state index in [2.05, 4.69) is 15.2 Å². The van der Waals surface area contributed by atoms with Gasteiger partial charge >= 0.3 is 6.03 Å². The number of nitrogens with zero attached hydrogens (tertiary/aromatic N) is 3. The van der Waals surface area contributed by atoms with E-state index < -0.39 is 0 Å². The Morgan fingerprint density at radius 3 is 2.50 bits per heavy atom. The minimum absolute atomic E-state index is 0.0651. The Morgan fingerprint density at radius 2 is 1.84 bits per heavy atom.